The normalized spacial score (nSPS) is 11.4. The maximum Gasteiger partial charge on any atom is 0.294 e. The molecule has 5 heteroatoms. The summed E-state index contributed by atoms with van der Waals surface area (Å²) in [4.78, 5) is -0.214. The molecule has 0 saturated heterocycles. The van der Waals surface area contributed by atoms with E-state index in [0.717, 1.165) is 6.07 Å². The highest BCUT2D eigenvalue weighted by molar-refractivity contribution is 7.85. The summed E-state index contributed by atoms with van der Waals surface area (Å²) in [6, 6.07) is 6.23. The van der Waals surface area contributed by atoms with E-state index < -0.39 is 10.1 Å². The number of hydrogen-bond donors (Lipinski definition) is 2. The summed E-state index contributed by atoms with van der Waals surface area (Å²) >= 11 is 0. The zero-order valence-electron chi connectivity index (χ0n) is 5.48. The number of nitrogen functional groups attached to an aromatic ring is 1. The van der Waals surface area contributed by atoms with E-state index in [1.165, 1.54) is 12.1 Å². The largest absolute Gasteiger partial charge is 0.398 e. The molecule has 0 aromatic heterocycles. The summed E-state index contributed by atoms with van der Waals surface area (Å²) in [6.07, 6.45) is 0. The van der Waals surface area contributed by atoms with Crippen LogP contribution in [-0.4, -0.2) is 13.0 Å². The van der Waals surface area contributed by atoms with Gasteiger partial charge in [-0.2, -0.15) is 8.42 Å². The fourth-order valence-corrected chi connectivity index (χ4v) is 1.14. The first-order valence-electron chi connectivity index (χ1n) is 2.75. The monoisotopic (exact) mass is 172 g/mol. The average Bonchev–Trinajstić information content (AvgIpc) is 1.86. The minimum absolute atomic E-state index is 0.181. The molecule has 0 amide bonds. The van der Waals surface area contributed by atoms with Crippen LogP contribution in [0.15, 0.2) is 23.1 Å². The predicted octanol–water partition coefficient (Wildman–Crippen LogP) is 0.316. The minimum atomic E-state index is -4.13. The van der Waals surface area contributed by atoms with Crippen molar-refractivity contribution in [2.75, 3.05) is 5.73 Å². The van der Waals surface area contributed by atoms with Gasteiger partial charge in [0.25, 0.3) is 10.1 Å². The number of rotatable bonds is 1. The van der Waals surface area contributed by atoms with E-state index in [2.05, 4.69) is 6.07 Å². The Morgan fingerprint density at radius 2 is 2.18 bits per heavy atom. The molecule has 4 nitrogen and oxygen atoms in total. The lowest BCUT2D eigenvalue weighted by Gasteiger charge is -1.95. The summed E-state index contributed by atoms with van der Waals surface area (Å²) in [5, 5.41) is 0. The van der Waals surface area contributed by atoms with Crippen molar-refractivity contribution in [2.45, 2.75) is 4.90 Å². The van der Waals surface area contributed by atoms with Crippen molar-refractivity contribution in [2.24, 2.45) is 0 Å². The van der Waals surface area contributed by atoms with Crippen LogP contribution in [0.1, 0.15) is 0 Å². The molecule has 59 valence electrons. The Kier molecular flexibility index (Phi) is 1.84. The van der Waals surface area contributed by atoms with Crippen LogP contribution in [0.25, 0.3) is 0 Å². The third-order valence-electron chi connectivity index (χ3n) is 1.09. The highest BCUT2D eigenvalue weighted by Gasteiger charge is 2.07. The zero-order chi connectivity index (χ0) is 8.48. The lowest BCUT2D eigenvalue weighted by molar-refractivity contribution is 0.483. The molecule has 0 atom stereocenters. The third kappa shape index (κ3) is 1.92. The van der Waals surface area contributed by atoms with Gasteiger partial charge in [-0.05, 0) is 12.1 Å². The first-order chi connectivity index (χ1) is 5.00. The molecule has 1 radical (unpaired) electrons. The van der Waals surface area contributed by atoms with Crippen LogP contribution in [0.3, 0.4) is 0 Å². The van der Waals surface area contributed by atoms with Crippen molar-refractivity contribution >= 4 is 15.8 Å². The van der Waals surface area contributed by atoms with Gasteiger partial charge in [-0.1, -0.05) is 6.07 Å². The van der Waals surface area contributed by atoms with Gasteiger partial charge in [0.05, 0.1) is 4.90 Å². The van der Waals surface area contributed by atoms with Crippen molar-refractivity contribution in [3.05, 3.63) is 24.3 Å². The summed E-state index contributed by atoms with van der Waals surface area (Å²) in [5.41, 5.74) is 5.40. The van der Waals surface area contributed by atoms with Crippen LogP contribution in [0.2, 0.25) is 0 Å². The molecule has 1 aromatic carbocycles. The van der Waals surface area contributed by atoms with Crippen LogP contribution in [0, 0.1) is 6.07 Å². The van der Waals surface area contributed by atoms with E-state index in [4.69, 9.17) is 10.3 Å². The van der Waals surface area contributed by atoms with E-state index in [1.807, 2.05) is 0 Å². The Morgan fingerprint density at radius 3 is 2.55 bits per heavy atom. The number of nitrogens with two attached hydrogens (primary N) is 1. The molecule has 0 aliphatic rings. The second-order valence-corrected chi connectivity index (χ2v) is 3.38. The fraction of sp³-hybridized carbons (Fsp3) is 0. The lowest BCUT2D eigenvalue weighted by atomic mass is 10.3. The van der Waals surface area contributed by atoms with E-state index in [-0.39, 0.29) is 10.6 Å². The molecule has 0 aliphatic heterocycles. The van der Waals surface area contributed by atoms with Crippen LogP contribution < -0.4 is 5.73 Å². The van der Waals surface area contributed by atoms with Crippen LogP contribution >= 0.6 is 0 Å². The molecular formula is C6H6NO3S. The van der Waals surface area contributed by atoms with Gasteiger partial charge >= 0.3 is 0 Å². The number of hydrogen-bond acceptors (Lipinski definition) is 3. The average molecular weight is 172 g/mol. The van der Waals surface area contributed by atoms with Crippen LogP contribution in [0.5, 0.6) is 0 Å². The standard InChI is InChI=1S/C6H6NO3S/c7-5-2-1-3-6(4-5)11(8,9)10/h1,3-4H,7H2,(H,8,9,10). The molecule has 0 saturated carbocycles. The smallest absolute Gasteiger partial charge is 0.294 e. The lowest BCUT2D eigenvalue weighted by Crippen LogP contribution is -1.98. The molecule has 0 heterocycles. The second-order valence-electron chi connectivity index (χ2n) is 1.95. The molecule has 0 unspecified atom stereocenters. The number of anilines is 1. The molecule has 0 fully saturated rings. The highest BCUT2D eigenvalue weighted by Crippen LogP contribution is 2.10. The maximum absolute atomic E-state index is 10.5. The van der Waals surface area contributed by atoms with Gasteiger partial charge in [0, 0.05) is 11.8 Å². The maximum atomic E-state index is 10.5. The quantitative estimate of drug-likeness (QED) is 0.472. The van der Waals surface area contributed by atoms with Crippen molar-refractivity contribution < 1.29 is 13.0 Å². The van der Waals surface area contributed by atoms with Gasteiger partial charge < -0.3 is 5.73 Å². The molecule has 1 rings (SSSR count). The number of benzene rings is 1. The van der Waals surface area contributed by atoms with Gasteiger partial charge in [0.2, 0.25) is 0 Å². The first kappa shape index (κ1) is 8.03. The van der Waals surface area contributed by atoms with E-state index in [9.17, 15) is 8.42 Å². The Hall–Kier alpha value is -1.07. The molecule has 1 aromatic rings. The van der Waals surface area contributed by atoms with Gasteiger partial charge in [0.15, 0.2) is 0 Å². The van der Waals surface area contributed by atoms with Crippen molar-refractivity contribution in [1.29, 1.82) is 0 Å². The predicted molar refractivity (Wildman–Crippen MR) is 39.5 cm³/mol. The summed E-state index contributed by atoms with van der Waals surface area (Å²) in [6.45, 7) is 0. The topological polar surface area (TPSA) is 80.4 Å². The molecule has 3 N–H and O–H groups in total. The zero-order valence-corrected chi connectivity index (χ0v) is 6.30. The summed E-state index contributed by atoms with van der Waals surface area (Å²) in [5.74, 6) is 0. The fourth-order valence-electron chi connectivity index (χ4n) is 0.624. The van der Waals surface area contributed by atoms with Crippen molar-refractivity contribution in [1.82, 2.24) is 0 Å². The summed E-state index contributed by atoms with van der Waals surface area (Å²) < 4.78 is 29.5. The third-order valence-corrected chi connectivity index (χ3v) is 1.94. The van der Waals surface area contributed by atoms with Crippen molar-refractivity contribution in [3.63, 3.8) is 0 Å². The van der Waals surface area contributed by atoms with Gasteiger partial charge in [0.1, 0.15) is 0 Å². The van der Waals surface area contributed by atoms with Gasteiger partial charge in [-0.15, -0.1) is 0 Å². The van der Waals surface area contributed by atoms with Crippen LogP contribution in [-0.2, 0) is 10.1 Å². The highest BCUT2D eigenvalue weighted by atomic mass is 32.2. The molecule has 0 spiro atoms. The summed E-state index contributed by atoms with van der Waals surface area (Å²) in [7, 11) is -4.13. The van der Waals surface area contributed by atoms with Crippen LogP contribution in [0.4, 0.5) is 5.69 Å². The second kappa shape index (κ2) is 2.52. The molecule has 11 heavy (non-hydrogen) atoms. The first-order valence-corrected chi connectivity index (χ1v) is 4.19. The van der Waals surface area contributed by atoms with E-state index in [0.29, 0.717) is 0 Å². The SMILES string of the molecule is Nc1[c]ccc(S(=O)(=O)O)c1. The Balaban J connectivity index is 3.28. The van der Waals surface area contributed by atoms with Gasteiger partial charge in [-0.3, -0.25) is 4.55 Å². The van der Waals surface area contributed by atoms with E-state index in [1.54, 1.807) is 0 Å². The van der Waals surface area contributed by atoms with Gasteiger partial charge in [-0.25, -0.2) is 0 Å². The van der Waals surface area contributed by atoms with Crippen molar-refractivity contribution in [3.8, 4) is 0 Å². The minimum Gasteiger partial charge on any atom is -0.398 e. The Bertz CT molecular complexity index is 358. The molecule has 0 aliphatic carbocycles. The Labute approximate surface area is 64.4 Å². The van der Waals surface area contributed by atoms with E-state index >= 15 is 0 Å². The molecular weight excluding hydrogens is 166 g/mol. The molecule has 0 bridgehead atoms. The Morgan fingerprint density at radius 1 is 1.55 bits per heavy atom.